The van der Waals surface area contributed by atoms with Gasteiger partial charge in [-0.15, -0.1) is 0 Å². The first-order valence-corrected chi connectivity index (χ1v) is 8.26. The number of fused-ring (bicyclic) bond motifs is 1. The number of aromatic nitrogens is 5. The van der Waals surface area contributed by atoms with Gasteiger partial charge in [-0.3, -0.25) is 9.36 Å². The Hall–Kier alpha value is -3.48. The summed E-state index contributed by atoms with van der Waals surface area (Å²) in [6.45, 7) is 3.97. The molecule has 0 fully saturated rings. The molecule has 0 atom stereocenters. The van der Waals surface area contributed by atoms with E-state index in [-0.39, 0.29) is 12.3 Å². The molecule has 4 rings (SSSR count). The standard InChI is InChI=1S/C19H18N6O/c1-12-9-13(2)25-19(23-12)16(11-22-25)18-21-7-8-24(18)15-5-3-14(4-6-15)10-17(20)26/h3-9,11H,10H2,1-2H3,(H2,20,26). The topological polar surface area (TPSA) is 91.1 Å². The van der Waals surface area contributed by atoms with Gasteiger partial charge in [0.25, 0.3) is 0 Å². The van der Waals surface area contributed by atoms with Gasteiger partial charge in [0.1, 0.15) is 5.82 Å². The van der Waals surface area contributed by atoms with E-state index in [2.05, 4.69) is 15.1 Å². The van der Waals surface area contributed by atoms with Crippen molar-refractivity contribution >= 4 is 11.6 Å². The molecule has 0 aliphatic carbocycles. The highest BCUT2D eigenvalue weighted by atomic mass is 16.1. The minimum atomic E-state index is -0.343. The van der Waals surface area contributed by atoms with Gasteiger partial charge in [0, 0.05) is 29.5 Å². The summed E-state index contributed by atoms with van der Waals surface area (Å²) >= 11 is 0. The molecule has 0 bridgehead atoms. The molecule has 0 aliphatic rings. The molecule has 0 spiro atoms. The van der Waals surface area contributed by atoms with E-state index in [0.717, 1.165) is 39.7 Å². The van der Waals surface area contributed by atoms with E-state index in [1.807, 2.05) is 59.5 Å². The summed E-state index contributed by atoms with van der Waals surface area (Å²) in [5.41, 5.74) is 10.7. The average molecular weight is 346 g/mol. The number of benzene rings is 1. The molecule has 1 amide bonds. The maximum absolute atomic E-state index is 11.1. The zero-order chi connectivity index (χ0) is 18.3. The Morgan fingerprint density at radius 1 is 1.19 bits per heavy atom. The average Bonchev–Trinajstić information content (AvgIpc) is 3.21. The van der Waals surface area contributed by atoms with Crippen molar-refractivity contribution in [2.45, 2.75) is 20.3 Å². The van der Waals surface area contributed by atoms with Gasteiger partial charge >= 0.3 is 0 Å². The van der Waals surface area contributed by atoms with Crippen LogP contribution in [-0.2, 0) is 11.2 Å². The molecule has 4 aromatic rings. The summed E-state index contributed by atoms with van der Waals surface area (Å²) < 4.78 is 3.79. The number of primary amides is 1. The van der Waals surface area contributed by atoms with Gasteiger partial charge in [-0.25, -0.2) is 14.5 Å². The summed E-state index contributed by atoms with van der Waals surface area (Å²) in [6.07, 6.45) is 5.66. The lowest BCUT2D eigenvalue weighted by molar-refractivity contribution is -0.117. The Morgan fingerprint density at radius 3 is 2.69 bits per heavy atom. The van der Waals surface area contributed by atoms with Crippen LogP contribution in [0.1, 0.15) is 17.0 Å². The van der Waals surface area contributed by atoms with E-state index in [9.17, 15) is 4.79 Å². The minimum Gasteiger partial charge on any atom is -0.369 e. The first-order valence-electron chi connectivity index (χ1n) is 8.26. The van der Waals surface area contributed by atoms with E-state index in [0.29, 0.717) is 0 Å². The third-order valence-electron chi connectivity index (χ3n) is 4.25. The van der Waals surface area contributed by atoms with Crippen molar-refractivity contribution in [3.05, 3.63) is 65.9 Å². The van der Waals surface area contributed by atoms with Crippen molar-refractivity contribution < 1.29 is 4.79 Å². The van der Waals surface area contributed by atoms with Crippen LogP contribution in [0.5, 0.6) is 0 Å². The zero-order valence-corrected chi connectivity index (χ0v) is 14.5. The fourth-order valence-electron chi connectivity index (χ4n) is 3.11. The zero-order valence-electron chi connectivity index (χ0n) is 14.5. The number of amides is 1. The summed E-state index contributed by atoms with van der Waals surface area (Å²) in [6, 6.07) is 9.67. The minimum absolute atomic E-state index is 0.230. The molecule has 7 nitrogen and oxygen atoms in total. The number of nitrogens with zero attached hydrogens (tertiary/aromatic N) is 5. The maximum atomic E-state index is 11.1. The lowest BCUT2D eigenvalue weighted by Crippen LogP contribution is -2.13. The van der Waals surface area contributed by atoms with Crippen LogP contribution in [0.25, 0.3) is 22.7 Å². The lowest BCUT2D eigenvalue weighted by Gasteiger charge is -2.08. The molecule has 7 heteroatoms. The van der Waals surface area contributed by atoms with E-state index < -0.39 is 0 Å². The van der Waals surface area contributed by atoms with Crippen LogP contribution in [0, 0.1) is 13.8 Å². The van der Waals surface area contributed by atoms with E-state index in [1.54, 1.807) is 12.4 Å². The predicted octanol–water partition coefficient (Wildman–Crippen LogP) is 2.23. The third-order valence-corrected chi connectivity index (χ3v) is 4.25. The summed E-state index contributed by atoms with van der Waals surface area (Å²) in [5, 5.41) is 4.45. The first-order chi connectivity index (χ1) is 12.5. The predicted molar refractivity (Wildman–Crippen MR) is 97.9 cm³/mol. The smallest absolute Gasteiger partial charge is 0.221 e. The molecule has 2 N–H and O–H groups in total. The van der Waals surface area contributed by atoms with Crippen molar-refractivity contribution in [1.82, 2.24) is 24.1 Å². The van der Waals surface area contributed by atoms with Crippen molar-refractivity contribution in [2.75, 3.05) is 0 Å². The number of nitrogens with two attached hydrogens (primary N) is 1. The molecule has 3 aromatic heterocycles. The summed E-state index contributed by atoms with van der Waals surface area (Å²) in [7, 11) is 0. The van der Waals surface area contributed by atoms with Crippen molar-refractivity contribution in [3.8, 4) is 17.1 Å². The quantitative estimate of drug-likeness (QED) is 0.613. The van der Waals surface area contributed by atoms with Gasteiger partial charge in [-0.2, -0.15) is 5.10 Å². The van der Waals surface area contributed by atoms with Gasteiger partial charge in [-0.05, 0) is 37.6 Å². The summed E-state index contributed by atoms with van der Waals surface area (Å²) in [5.74, 6) is 0.421. The molecular weight excluding hydrogens is 328 g/mol. The van der Waals surface area contributed by atoms with Gasteiger partial charge in [0.2, 0.25) is 5.91 Å². The lowest BCUT2D eigenvalue weighted by atomic mass is 10.1. The van der Waals surface area contributed by atoms with Crippen molar-refractivity contribution in [3.63, 3.8) is 0 Å². The Morgan fingerprint density at radius 2 is 1.96 bits per heavy atom. The van der Waals surface area contributed by atoms with Crippen LogP contribution in [-0.4, -0.2) is 30.1 Å². The van der Waals surface area contributed by atoms with Crippen molar-refractivity contribution in [1.29, 1.82) is 0 Å². The Kier molecular flexibility index (Phi) is 3.76. The maximum Gasteiger partial charge on any atom is 0.221 e. The molecule has 0 saturated carbocycles. The molecule has 0 radical (unpaired) electrons. The second-order valence-electron chi connectivity index (χ2n) is 6.26. The van der Waals surface area contributed by atoms with Gasteiger partial charge in [-0.1, -0.05) is 12.1 Å². The van der Waals surface area contributed by atoms with Gasteiger partial charge < -0.3 is 5.73 Å². The van der Waals surface area contributed by atoms with Crippen molar-refractivity contribution in [2.24, 2.45) is 5.73 Å². The number of aryl methyl sites for hydroxylation is 2. The van der Waals surface area contributed by atoms with Crippen LogP contribution in [0.2, 0.25) is 0 Å². The second kappa shape index (κ2) is 6.11. The highest BCUT2D eigenvalue weighted by Crippen LogP contribution is 2.25. The molecule has 0 unspecified atom stereocenters. The number of carbonyl (C=O) groups is 1. The molecule has 0 saturated heterocycles. The SMILES string of the molecule is Cc1cc(C)n2ncc(-c3nccn3-c3ccc(CC(N)=O)cc3)c2n1. The molecule has 26 heavy (non-hydrogen) atoms. The molecular formula is C19H18N6O. The van der Waals surface area contributed by atoms with Crippen LogP contribution < -0.4 is 5.73 Å². The monoisotopic (exact) mass is 346 g/mol. The third kappa shape index (κ3) is 2.73. The number of hydrogen-bond donors (Lipinski definition) is 1. The Labute approximate surface area is 150 Å². The molecule has 3 heterocycles. The van der Waals surface area contributed by atoms with Gasteiger partial charge in [0.05, 0.1) is 18.2 Å². The molecule has 0 aliphatic heterocycles. The van der Waals surface area contributed by atoms with Crippen LogP contribution in [0.3, 0.4) is 0 Å². The number of hydrogen-bond acceptors (Lipinski definition) is 4. The highest BCUT2D eigenvalue weighted by Gasteiger charge is 2.15. The largest absolute Gasteiger partial charge is 0.369 e. The van der Waals surface area contributed by atoms with Gasteiger partial charge in [0.15, 0.2) is 5.65 Å². The summed E-state index contributed by atoms with van der Waals surface area (Å²) in [4.78, 5) is 20.2. The van der Waals surface area contributed by atoms with Crippen LogP contribution in [0.4, 0.5) is 0 Å². The Balaban J connectivity index is 1.80. The highest BCUT2D eigenvalue weighted by molar-refractivity contribution is 5.77. The fraction of sp³-hybridized carbons (Fsp3) is 0.158. The normalized spacial score (nSPS) is 11.2. The number of rotatable bonds is 4. The first kappa shape index (κ1) is 16.0. The van der Waals surface area contributed by atoms with Crippen LogP contribution >= 0.6 is 0 Å². The van der Waals surface area contributed by atoms with E-state index >= 15 is 0 Å². The molecule has 1 aromatic carbocycles. The van der Waals surface area contributed by atoms with E-state index in [4.69, 9.17) is 5.73 Å². The van der Waals surface area contributed by atoms with E-state index in [1.165, 1.54) is 0 Å². The van der Waals surface area contributed by atoms with Crippen LogP contribution in [0.15, 0.2) is 48.9 Å². The number of imidazole rings is 1. The number of carbonyl (C=O) groups excluding carboxylic acids is 1. The molecule has 130 valence electrons. The fourth-order valence-corrected chi connectivity index (χ4v) is 3.11. The Bertz CT molecular complexity index is 1110. The second-order valence-corrected chi connectivity index (χ2v) is 6.26.